The molecule has 0 radical (unpaired) electrons. The van der Waals surface area contributed by atoms with Crippen molar-refractivity contribution in [1.29, 1.82) is 0 Å². The predicted molar refractivity (Wildman–Crippen MR) is 86.0 cm³/mol. The quantitative estimate of drug-likeness (QED) is 0.905. The largest absolute Gasteiger partial charge is 0.356 e. The second-order valence-corrected chi connectivity index (χ2v) is 7.07. The van der Waals surface area contributed by atoms with Gasteiger partial charge in [0.05, 0.1) is 12.0 Å². The number of halogens is 3. The summed E-state index contributed by atoms with van der Waals surface area (Å²) in [5, 5.41) is 3.17. The molecule has 2 heterocycles. The fourth-order valence-corrected chi connectivity index (χ4v) is 3.85. The predicted octanol–water partition coefficient (Wildman–Crippen LogP) is 2.65. The molecule has 130 valence electrons. The zero-order valence-corrected chi connectivity index (χ0v) is 13.9. The number of piperidine rings is 1. The van der Waals surface area contributed by atoms with Gasteiger partial charge in [-0.25, -0.2) is 8.78 Å². The van der Waals surface area contributed by atoms with E-state index in [1.54, 1.807) is 12.1 Å². The third-order valence-electron chi connectivity index (χ3n) is 4.80. The summed E-state index contributed by atoms with van der Waals surface area (Å²) in [6.45, 7) is -0.171. The molecule has 1 aromatic carbocycles. The summed E-state index contributed by atoms with van der Waals surface area (Å²) in [6.07, 6.45) is 0.340. The highest BCUT2D eigenvalue weighted by molar-refractivity contribution is 6.31. The number of alkyl halides is 2. The zero-order valence-electron chi connectivity index (χ0n) is 13.2. The van der Waals surface area contributed by atoms with Gasteiger partial charge in [0.1, 0.15) is 0 Å². The molecule has 2 amide bonds. The van der Waals surface area contributed by atoms with Crippen LogP contribution in [0.2, 0.25) is 5.02 Å². The molecule has 2 saturated heterocycles. The number of carbonyl (C=O) groups is 2. The van der Waals surface area contributed by atoms with E-state index in [-0.39, 0.29) is 24.8 Å². The highest BCUT2D eigenvalue weighted by atomic mass is 35.5. The van der Waals surface area contributed by atoms with Crippen LogP contribution in [0.1, 0.15) is 24.8 Å². The Morgan fingerprint density at radius 3 is 2.71 bits per heavy atom. The summed E-state index contributed by atoms with van der Waals surface area (Å²) < 4.78 is 28.2. The van der Waals surface area contributed by atoms with Crippen LogP contribution in [0.25, 0.3) is 0 Å². The van der Waals surface area contributed by atoms with Crippen molar-refractivity contribution in [2.45, 2.75) is 31.6 Å². The van der Waals surface area contributed by atoms with E-state index in [1.807, 2.05) is 12.1 Å². The fourth-order valence-electron chi connectivity index (χ4n) is 3.62. The monoisotopic (exact) mass is 356 g/mol. The number of hydrogen-bond acceptors (Lipinski definition) is 2. The number of aryl methyl sites for hydroxylation is 1. The SMILES string of the molecule is O=C(CCc1ccccc1Cl)N1CC(F)(F)CC2(CCNC2=O)C1. The number of rotatable bonds is 3. The summed E-state index contributed by atoms with van der Waals surface area (Å²) in [7, 11) is 0. The lowest BCUT2D eigenvalue weighted by atomic mass is 9.77. The molecule has 7 heteroatoms. The summed E-state index contributed by atoms with van der Waals surface area (Å²) in [4.78, 5) is 25.6. The molecule has 1 aromatic rings. The van der Waals surface area contributed by atoms with Gasteiger partial charge in [-0.05, 0) is 24.5 Å². The van der Waals surface area contributed by atoms with Crippen molar-refractivity contribution in [2.24, 2.45) is 5.41 Å². The normalized spacial score (nSPS) is 25.8. The van der Waals surface area contributed by atoms with Gasteiger partial charge < -0.3 is 10.2 Å². The molecular weight excluding hydrogens is 338 g/mol. The molecule has 2 fully saturated rings. The van der Waals surface area contributed by atoms with Gasteiger partial charge in [-0.15, -0.1) is 0 Å². The molecule has 0 aliphatic carbocycles. The Kier molecular flexibility index (Phi) is 4.51. The minimum atomic E-state index is -3.04. The van der Waals surface area contributed by atoms with Crippen molar-refractivity contribution >= 4 is 23.4 Å². The maximum atomic E-state index is 14.1. The first-order valence-electron chi connectivity index (χ1n) is 7.99. The number of nitrogens with zero attached hydrogens (tertiary/aromatic N) is 1. The van der Waals surface area contributed by atoms with Crippen LogP contribution in [0.15, 0.2) is 24.3 Å². The minimum Gasteiger partial charge on any atom is -0.356 e. The Morgan fingerprint density at radius 2 is 2.04 bits per heavy atom. The Hall–Kier alpha value is -1.69. The molecular formula is C17H19ClF2N2O2. The number of amides is 2. The molecule has 1 spiro atoms. The Labute approximate surface area is 144 Å². The van der Waals surface area contributed by atoms with E-state index >= 15 is 0 Å². The van der Waals surface area contributed by atoms with Crippen LogP contribution in [0.5, 0.6) is 0 Å². The molecule has 1 atom stereocenters. The lowest BCUT2D eigenvalue weighted by Crippen LogP contribution is -2.56. The number of hydrogen-bond donors (Lipinski definition) is 1. The maximum absolute atomic E-state index is 14.1. The van der Waals surface area contributed by atoms with Gasteiger partial charge in [0, 0.05) is 31.0 Å². The standard InChI is InChI=1S/C17H19ClF2N2O2/c18-13-4-2-1-3-12(13)5-6-14(23)22-10-16(7-8-21-15(16)24)9-17(19,20)11-22/h1-4H,5-11H2,(H,21,24). The molecule has 24 heavy (non-hydrogen) atoms. The summed E-state index contributed by atoms with van der Waals surface area (Å²) in [5.74, 6) is -3.78. The van der Waals surface area contributed by atoms with Crippen molar-refractivity contribution < 1.29 is 18.4 Å². The molecule has 1 unspecified atom stereocenters. The third kappa shape index (κ3) is 3.38. The van der Waals surface area contributed by atoms with Gasteiger partial charge in [0.2, 0.25) is 11.8 Å². The van der Waals surface area contributed by atoms with Gasteiger partial charge in [-0.1, -0.05) is 29.8 Å². The lowest BCUT2D eigenvalue weighted by molar-refractivity contribution is -0.160. The van der Waals surface area contributed by atoms with E-state index in [0.717, 1.165) is 10.5 Å². The Bertz CT molecular complexity index is 668. The van der Waals surface area contributed by atoms with Crippen LogP contribution >= 0.6 is 11.6 Å². The first kappa shape index (κ1) is 17.1. The molecule has 3 rings (SSSR count). The topological polar surface area (TPSA) is 49.4 Å². The van der Waals surface area contributed by atoms with Gasteiger partial charge in [0.15, 0.2) is 0 Å². The number of carbonyl (C=O) groups excluding carboxylic acids is 2. The second kappa shape index (κ2) is 6.31. The molecule has 0 aromatic heterocycles. The molecule has 1 N–H and O–H groups in total. The van der Waals surface area contributed by atoms with E-state index < -0.39 is 24.3 Å². The molecule has 0 bridgehead atoms. The van der Waals surface area contributed by atoms with Gasteiger partial charge in [0.25, 0.3) is 5.92 Å². The summed E-state index contributed by atoms with van der Waals surface area (Å²) >= 11 is 6.06. The Morgan fingerprint density at radius 1 is 1.29 bits per heavy atom. The maximum Gasteiger partial charge on any atom is 0.266 e. The smallest absolute Gasteiger partial charge is 0.266 e. The Balaban J connectivity index is 1.70. The average molecular weight is 357 g/mol. The highest BCUT2D eigenvalue weighted by Crippen LogP contribution is 2.43. The fraction of sp³-hybridized carbons (Fsp3) is 0.529. The molecule has 0 saturated carbocycles. The van der Waals surface area contributed by atoms with Crippen LogP contribution in [-0.4, -0.2) is 42.3 Å². The third-order valence-corrected chi connectivity index (χ3v) is 5.17. The number of nitrogens with one attached hydrogen (secondary N) is 1. The average Bonchev–Trinajstić information content (AvgIpc) is 2.84. The van der Waals surface area contributed by atoms with Crippen molar-refractivity contribution in [2.75, 3.05) is 19.6 Å². The second-order valence-electron chi connectivity index (χ2n) is 6.66. The van der Waals surface area contributed by atoms with Crippen molar-refractivity contribution in [3.63, 3.8) is 0 Å². The van der Waals surface area contributed by atoms with E-state index in [1.165, 1.54) is 0 Å². The number of benzene rings is 1. The van der Waals surface area contributed by atoms with Crippen LogP contribution in [0.4, 0.5) is 8.78 Å². The van der Waals surface area contributed by atoms with Crippen LogP contribution in [0.3, 0.4) is 0 Å². The van der Waals surface area contributed by atoms with E-state index in [2.05, 4.69) is 5.32 Å². The summed E-state index contributed by atoms with van der Waals surface area (Å²) in [5.41, 5.74) is -0.341. The van der Waals surface area contributed by atoms with Crippen molar-refractivity contribution in [3.8, 4) is 0 Å². The van der Waals surface area contributed by atoms with E-state index in [0.29, 0.717) is 24.4 Å². The van der Waals surface area contributed by atoms with Gasteiger partial charge in [-0.3, -0.25) is 9.59 Å². The van der Waals surface area contributed by atoms with E-state index in [9.17, 15) is 18.4 Å². The molecule has 2 aliphatic rings. The van der Waals surface area contributed by atoms with E-state index in [4.69, 9.17) is 11.6 Å². The van der Waals surface area contributed by atoms with Crippen LogP contribution in [0, 0.1) is 5.41 Å². The number of likely N-dealkylation sites (tertiary alicyclic amines) is 1. The van der Waals surface area contributed by atoms with Crippen molar-refractivity contribution in [1.82, 2.24) is 10.2 Å². The first-order valence-corrected chi connectivity index (χ1v) is 8.36. The first-order chi connectivity index (χ1) is 11.3. The molecule has 2 aliphatic heterocycles. The summed E-state index contributed by atoms with van der Waals surface area (Å²) in [6, 6.07) is 7.15. The minimum absolute atomic E-state index is 0.0653. The zero-order chi connectivity index (χ0) is 17.4. The van der Waals surface area contributed by atoms with Crippen LogP contribution in [-0.2, 0) is 16.0 Å². The van der Waals surface area contributed by atoms with Crippen LogP contribution < -0.4 is 5.32 Å². The lowest BCUT2D eigenvalue weighted by Gasteiger charge is -2.42. The highest BCUT2D eigenvalue weighted by Gasteiger charge is 2.55. The van der Waals surface area contributed by atoms with Gasteiger partial charge >= 0.3 is 0 Å². The van der Waals surface area contributed by atoms with Gasteiger partial charge in [-0.2, -0.15) is 0 Å². The van der Waals surface area contributed by atoms with Crippen molar-refractivity contribution in [3.05, 3.63) is 34.9 Å². The molecule has 4 nitrogen and oxygen atoms in total.